The molecular weight excluding hydrogens is 188 g/mol. The molecule has 2 rings (SSSR count). The zero-order chi connectivity index (χ0) is 10.8. The Hall–Kier alpha value is -0.570. The fourth-order valence-electron chi connectivity index (χ4n) is 2.60. The minimum absolute atomic E-state index is 0.0853. The van der Waals surface area contributed by atoms with E-state index in [-0.39, 0.29) is 6.04 Å². The lowest BCUT2D eigenvalue weighted by Crippen LogP contribution is -2.47. The number of rotatable bonds is 4. The molecule has 1 aliphatic carbocycles. The van der Waals surface area contributed by atoms with Gasteiger partial charge in [0.05, 0.1) is 12.2 Å². The van der Waals surface area contributed by atoms with Gasteiger partial charge in [-0.3, -0.25) is 10.1 Å². The molecule has 1 heterocycles. The van der Waals surface area contributed by atoms with Crippen LogP contribution in [0.2, 0.25) is 0 Å². The summed E-state index contributed by atoms with van der Waals surface area (Å²) in [5.74, 6) is 0.348. The number of hydrogen-bond donors (Lipinski definition) is 1. The van der Waals surface area contributed by atoms with Crippen molar-refractivity contribution < 1.29 is 4.79 Å². The highest BCUT2D eigenvalue weighted by Gasteiger charge is 2.42. The van der Waals surface area contributed by atoms with Crippen LogP contribution in [0.4, 0.5) is 0 Å². The fraction of sp³-hybridized carbons (Fsp3) is 0.917. The second-order valence-electron chi connectivity index (χ2n) is 4.76. The molecule has 1 N–H and O–H groups in total. The van der Waals surface area contributed by atoms with Crippen LogP contribution >= 0.6 is 0 Å². The maximum absolute atomic E-state index is 12.1. The smallest absolute Gasteiger partial charge is 0.241 e. The molecule has 2 fully saturated rings. The molecule has 0 bridgehead atoms. The molecule has 0 aromatic carbocycles. The highest BCUT2D eigenvalue weighted by Crippen LogP contribution is 2.30. The number of carbonyl (C=O) groups excluding carboxylic acids is 1. The van der Waals surface area contributed by atoms with E-state index in [1.807, 2.05) is 0 Å². The van der Waals surface area contributed by atoms with Crippen LogP contribution in [-0.4, -0.2) is 29.1 Å². The van der Waals surface area contributed by atoms with Gasteiger partial charge in [0.15, 0.2) is 0 Å². The molecule has 0 aromatic rings. The van der Waals surface area contributed by atoms with Crippen LogP contribution < -0.4 is 5.32 Å². The van der Waals surface area contributed by atoms with E-state index in [4.69, 9.17) is 0 Å². The van der Waals surface area contributed by atoms with E-state index in [1.165, 1.54) is 19.3 Å². The zero-order valence-electron chi connectivity index (χ0n) is 9.83. The molecule has 1 saturated heterocycles. The average molecular weight is 210 g/mol. The third-order valence-electron chi connectivity index (χ3n) is 3.72. The highest BCUT2D eigenvalue weighted by atomic mass is 16.2. The van der Waals surface area contributed by atoms with Gasteiger partial charge in [0, 0.05) is 6.04 Å². The first-order valence-corrected chi connectivity index (χ1v) is 6.36. The van der Waals surface area contributed by atoms with Gasteiger partial charge < -0.3 is 4.90 Å². The van der Waals surface area contributed by atoms with Crippen LogP contribution in [0.5, 0.6) is 0 Å². The fourth-order valence-corrected chi connectivity index (χ4v) is 2.60. The molecule has 2 unspecified atom stereocenters. The Kier molecular flexibility index (Phi) is 3.29. The summed E-state index contributed by atoms with van der Waals surface area (Å²) in [7, 11) is 0. The molecule has 2 atom stereocenters. The Bertz CT molecular complexity index is 238. The van der Waals surface area contributed by atoms with Crippen molar-refractivity contribution in [1.29, 1.82) is 0 Å². The van der Waals surface area contributed by atoms with Gasteiger partial charge >= 0.3 is 0 Å². The van der Waals surface area contributed by atoms with Crippen molar-refractivity contribution in [1.82, 2.24) is 10.2 Å². The van der Waals surface area contributed by atoms with E-state index in [9.17, 15) is 4.79 Å². The van der Waals surface area contributed by atoms with Crippen molar-refractivity contribution in [2.24, 2.45) is 0 Å². The van der Waals surface area contributed by atoms with Crippen molar-refractivity contribution in [3.8, 4) is 0 Å². The van der Waals surface area contributed by atoms with Gasteiger partial charge in [0.1, 0.15) is 0 Å². The molecule has 3 heteroatoms. The molecular formula is C12H22N2O. The average Bonchev–Trinajstić information content (AvgIpc) is 2.44. The molecule has 0 radical (unpaired) electrons. The topological polar surface area (TPSA) is 32.3 Å². The highest BCUT2D eigenvalue weighted by molar-refractivity contribution is 5.84. The zero-order valence-corrected chi connectivity index (χ0v) is 9.83. The first-order valence-electron chi connectivity index (χ1n) is 6.36. The summed E-state index contributed by atoms with van der Waals surface area (Å²) in [4.78, 5) is 14.3. The van der Waals surface area contributed by atoms with Crippen LogP contribution in [0, 0.1) is 0 Å². The summed E-state index contributed by atoms with van der Waals surface area (Å²) >= 11 is 0. The largest absolute Gasteiger partial charge is 0.323 e. The minimum atomic E-state index is 0.0853. The van der Waals surface area contributed by atoms with Crippen molar-refractivity contribution in [3.63, 3.8) is 0 Å². The molecule has 0 spiro atoms. The lowest BCUT2D eigenvalue weighted by Gasteiger charge is -2.38. The van der Waals surface area contributed by atoms with Gasteiger partial charge in [-0.2, -0.15) is 0 Å². The van der Waals surface area contributed by atoms with Gasteiger partial charge in [-0.1, -0.05) is 20.3 Å². The normalized spacial score (nSPS) is 32.1. The summed E-state index contributed by atoms with van der Waals surface area (Å²) < 4.78 is 0. The number of hydrogen-bond acceptors (Lipinski definition) is 2. The maximum Gasteiger partial charge on any atom is 0.241 e. The Morgan fingerprint density at radius 2 is 2.13 bits per heavy atom. The summed E-state index contributed by atoms with van der Waals surface area (Å²) in [6, 6.07) is 0.625. The maximum atomic E-state index is 12.1. The molecule has 0 aromatic heterocycles. The monoisotopic (exact) mass is 210 g/mol. The van der Waals surface area contributed by atoms with Gasteiger partial charge in [-0.15, -0.1) is 0 Å². The Morgan fingerprint density at radius 1 is 1.40 bits per heavy atom. The van der Waals surface area contributed by atoms with E-state index >= 15 is 0 Å². The molecule has 15 heavy (non-hydrogen) atoms. The number of nitrogens with one attached hydrogen (secondary N) is 1. The van der Waals surface area contributed by atoms with E-state index < -0.39 is 0 Å². The Morgan fingerprint density at radius 3 is 2.60 bits per heavy atom. The number of amides is 1. The lowest BCUT2D eigenvalue weighted by molar-refractivity contribution is -0.134. The predicted octanol–water partition coefficient (Wildman–Crippen LogP) is 1.88. The molecule has 2 aliphatic rings. The van der Waals surface area contributed by atoms with Crippen LogP contribution in [0.1, 0.15) is 52.4 Å². The first kappa shape index (κ1) is 10.9. The summed E-state index contributed by atoms with van der Waals surface area (Å²) in [5, 5.41) is 3.47. The van der Waals surface area contributed by atoms with E-state index in [0.29, 0.717) is 18.1 Å². The number of nitrogens with zero attached hydrogens (tertiary/aromatic N) is 1. The Balaban J connectivity index is 2.05. The van der Waals surface area contributed by atoms with Crippen molar-refractivity contribution >= 4 is 5.91 Å². The van der Waals surface area contributed by atoms with E-state index in [2.05, 4.69) is 24.1 Å². The third-order valence-corrected chi connectivity index (χ3v) is 3.72. The third kappa shape index (κ3) is 1.89. The van der Waals surface area contributed by atoms with Crippen LogP contribution in [-0.2, 0) is 4.79 Å². The van der Waals surface area contributed by atoms with E-state index in [0.717, 1.165) is 19.3 Å². The molecule has 86 valence electrons. The van der Waals surface area contributed by atoms with Crippen molar-refractivity contribution in [2.75, 3.05) is 0 Å². The molecule has 1 amide bonds. The molecule has 1 aliphatic heterocycles. The van der Waals surface area contributed by atoms with E-state index in [1.54, 1.807) is 0 Å². The quantitative estimate of drug-likeness (QED) is 0.768. The van der Waals surface area contributed by atoms with Crippen molar-refractivity contribution in [2.45, 2.75) is 70.6 Å². The van der Waals surface area contributed by atoms with Gasteiger partial charge in [-0.25, -0.2) is 0 Å². The van der Waals surface area contributed by atoms with Crippen LogP contribution in [0.3, 0.4) is 0 Å². The second-order valence-corrected chi connectivity index (χ2v) is 4.76. The molecule has 1 saturated carbocycles. The Labute approximate surface area is 92.2 Å². The van der Waals surface area contributed by atoms with Crippen molar-refractivity contribution in [3.05, 3.63) is 0 Å². The summed E-state index contributed by atoms with van der Waals surface area (Å²) in [6.45, 7) is 4.27. The summed E-state index contributed by atoms with van der Waals surface area (Å²) in [6.07, 6.45) is 7.20. The van der Waals surface area contributed by atoms with Gasteiger partial charge in [-0.05, 0) is 32.1 Å². The number of carbonyl (C=O) groups is 1. The van der Waals surface area contributed by atoms with Gasteiger partial charge in [0.25, 0.3) is 0 Å². The van der Waals surface area contributed by atoms with Crippen LogP contribution in [0.15, 0.2) is 0 Å². The predicted molar refractivity (Wildman–Crippen MR) is 60.4 cm³/mol. The van der Waals surface area contributed by atoms with Crippen LogP contribution in [0.25, 0.3) is 0 Å². The summed E-state index contributed by atoms with van der Waals surface area (Å²) in [5.41, 5.74) is 0. The molecule has 3 nitrogen and oxygen atoms in total. The minimum Gasteiger partial charge on any atom is -0.323 e. The lowest BCUT2D eigenvalue weighted by atomic mass is 9.91. The first-order chi connectivity index (χ1) is 7.27. The SMILES string of the molecule is CCCC1NC(CC)C(=O)N1C1CCC1. The second kappa shape index (κ2) is 4.52. The van der Waals surface area contributed by atoms with Gasteiger partial charge in [0.2, 0.25) is 5.91 Å². The standard InChI is InChI=1S/C12H22N2O/c1-3-6-11-13-10(4-2)12(15)14(11)9-7-5-8-9/h9-11,13H,3-8H2,1-2H3.